The van der Waals surface area contributed by atoms with Crippen LogP contribution in [0.15, 0.2) is 0 Å². The molecule has 612 valence electrons. The molecule has 0 rings (SSSR count). The molecule has 0 saturated carbocycles. The van der Waals surface area contributed by atoms with Crippen LogP contribution >= 0.6 is 15.6 Å². The Labute approximate surface area is 632 Å². The molecule has 6 atom stereocenters. The number of unbranched alkanes of at least 4 members (excludes halogenated alkanes) is 49. The number of phosphoric acid groups is 2. The monoisotopic (exact) mass is 1510 g/mol. The van der Waals surface area contributed by atoms with Gasteiger partial charge < -0.3 is 33.8 Å². The van der Waals surface area contributed by atoms with E-state index in [2.05, 4.69) is 48.5 Å². The summed E-state index contributed by atoms with van der Waals surface area (Å²) >= 11 is 0. The molecule has 19 heteroatoms. The molecule has 3 unspecified atom stereocenters. The Morgan fingerprint density at radius 1 is 0.282 bits per heavy atom. The highest BCUT2D eigenvalue weighted by Gasteiger charge is 2.30. The van der Waals surface area contributed by atoms with Crippen molar-refractivity contribution in [3.63, 3.8) is 0 Å². The standard InChI is InChI=1S/C84H164O17P2/c1-8-10-11-12-13-14-15-16-17-18-19-20-21-26-29-39-46-53-60-67-83(88)100-79(71-94-81(86)65-58-51-44-37-28-25-23-22-24-27-36-43-50-57-64-77(7)9-2)73-98-102(90,91)96-69-78(85)70-97-103(92,93)99-74-80(101-84(89)68-61-54-47-40-33-31-35-42-49-56-63-76(5)6)72-95-82(87)66-59-52-45-38-32-30-34-41-48-55-62-75(3)4/h75-80,85H,8-74H2,1-7H3,(H,90,91)(H,92,93)/t77?,78-,79-,80-/m1/s1. The Kier molecular flexibility index (Phi) is 72.8. The van der Waals surface area contributed by atoms with Crippen molar-refractivity contribution in [3.05, 3.63) is 0 Å². The molecular weight excluding hydrogens is 1340 g/mol. The first kappa shape index (κ1) is 101. The SMILES string of the molecule is CCCCCCCCCCCCCCCCCCCCCC(=O)O[C@H](COC(=O)CCCCCCCCCCCCCCCCC(C)CC)COP(=O)(O)OC[C@@H](O)COP(=O)(O)OC[C@@H](COC(=O)CCCCCCCCCCCCC(C)C)OC(=O)CCCCCCCCCCCCC(C)C. The smallest absolute Gasteiger partial charge is 0.462 e. The zero-order valence-corrected chi connectivity index (χ0v) is 69.6. The lowest BCUT2D eigenvalue weighted by atomic mass is 9.99. The van der Waals surface area contributed by atoms with Gasteiger partial charge in [0.25, 0.3) is 0 Å². The van der Waals surface area contributed by atoms with Gasteiger partial charge in [-0.2, -0.15) is 0 Å². The van der Waals surface area contributed by atoms with E-state index in [-0.39, 0.29) is 25.7 Å². The summed E-state index contributed by atoms with van der Waals surface area (Å²) in [5.74, 6) is 0.254. The van der Waals surface area contributed by atoms with Gasteiger partial charge in [0.2, 0.25) is 0 Å². The molecule has 0 aliphatic rings. The maximum atomic E-state index is 13.1. The number of aliphatic hydroxyl groups excluding tert-OH is 1. The maximum Gasteiger partial charge on any atom is 0.472 e. The zero-order valence-electron chi connectivity index (χ0n) is 67.8. The first-order valence-corrected chi connectivity index (χ1v) is 46.4. The fourth-order valence-corrected chi connectivity index (χ4v) is 14.6. The van der Waals surface area contributed by atoms with Gasteiger partial charge in [-0.3, -0.25) is 37.3 Å². The number of esters is 4. The Morgan fingerprint density at radius 3 is 0.738 bits per heavy atom. The molecule has 0 aromatic heterocycles. The average Bonchev–Trinajstić information content (AvgIpc) is 0.913. The highest BCUT2D eigenvalue weighted by Crippen LogP contribution is 2.45. The topological polar surface area (TPSA) is 237 Å². The molecule has 0 amide bonds. The third-order valence-corrected chi connectivity index (χ3v) is 21.9. The molecule has 0 fully saturated rings. The average molecular weight is 1510 g/mol. The minimum absolute atomic E-state index is 0.106. The summed E-state index contributed by atoms with van der Waals surface area (Å²) in [6, 6.07) is 0. The number of rotatable bonds is 82. The third-order valence-electron chi connectivity index (χ3n) is 20.0. The second-order valence-electron chi connectivity index (χ2n) is 31.4. The van der Waals surface area contributed by atoms with Crippen molar-refractivity contribution in [3.8, 4) is 0 Å². The van der Waals surface area contributed by atoms with E-state index in [1.165, 1.54) is 250 Å². The summed E-state index contributed by atoms with van der Waals surface area (Å²) in [6.45, 7) is 12.0. The molecule has 0 heterocycles. The van der Waals surface area contributed by atoms with Crippen molar-refractivity contribution in [1.29, 1.82) is 0 Å². The maximum absolute atomic E-state index is 13.1. The number of carbonyl (C=O) groups is 4. The van der Waals surface area contributed by atoms with Crippen LogP contribution in [0.25, 0.3) is 0 Å². The van der Waals surface area contributed by atoms with Crippen LogP contribution in [0.3, 0.4) is 0 Å². The molecule has 17 nitrogen and oxygen atoms in total. The number of hydrogen-bond acceptors (Lipinski definition) is 15. The number of ether oxygens (including phenoxy) is 4. The van der Waals surface area contributed by atoms with Crippen molar-refractivity contribution >= 4 is 39.5 Å². The molecule has 103 heavy (non-hydrogen) atoms. The quantitative estimate of drug-likeness (QED) is 0.0222. The fraction of sp³-hybridized carbons (Fsp3) is 0.952. The lowest BCUT2D eigenvalue weighted by Crippen LogP contribution is -2.30. The van der Waals surface area contributed by atoms with Gasteiger partial charge in [0, 0.05) is 25.7 Å². The van der Waals surface area contributed by atoms with Gasteiger partial charge in [-0.05, 0) is 43.4 Å². The normalized spacial score (nSPS) is 14.2. The summed E-state index contributed by atoms with van der Waals surface area (Å²) < 4.78 is 68.9. The molecule has 0 aliphatic carbocycles. The van der Waals surface area contributed by atoms with Crippen LogP contribution < -0.4 is 0 Å². The number of hydrogen-bond donors (Lipinski definition) is 3. The van der Waals surface area contributed by atoms with E-state index in [9.17, 15) is 43.2 Å². The first-order valence-electron chi connectivity index (χ1n) is 43.4. The molecule has 0 aromatic carbocycles. The van der Waals surface area contributed by atoms with Gasteiger partial charge in [0.15, 0.2) is 12.2 Å². The van der Waals surface area contributed by atoms with Crippen LogP contribution in [-0.4, -0.2) is 96.7 Å². The molecule has 0 spiro atoms. The van der Waals surface area contributed by atoms with E-state index in [0.29, 0.717) is 25.7 Å². The summed E-state index contributed by atoms with van der Waals surface area (Å²) in [4.78, 5) is 73.2. The predicted molar refractivity (Wildman–Crippen MR) is 423 cm³/mol. The summed E-state index contributed by atoms with van der Waals surface area (Å²) in [7, 11) is -9.93. The second-order valence-corrected chi connectivity index (χ2v) is 34.3. The Bertz CT molecular complexity index is 1990. The van der Waals surface area contributed by atoms with E-state index < -0.39 is 97.5 Å². The van der Waals surface area contributed by atoms with Gasteiger partial charge in [-0.25, -0.2) is 9.13 Å². The molecule has 0 aliphatic heterocycles. The van der Waals surface area contributed by atoms with Gasteiger partial charge >= 0.3 is 39.5 Å². The molecule has 0 bridgehead atoms. The predicted octanol–water partition coefficient (Wildman–Crippen LogP) is 25.3. The van der Waals surface area contributed by atoms with Gasteiger partial charge in [0.05, 0.1) is 26.4 Å². The van der Waals surface area contributed by atoms with Crippen molar-refractivity contribution in [2.24, 2.45) is 17.8 Å². The summed E-state index contributed by atoms with van der Waals surface area (Å²) in [6.07, 6.45) is 63.8. The van der Waals surface area contributed by atoms with Crippen LogP contribution in [0.1, 0.15) is 440 Å². The van der Waals surface area contributed by atoms with E-state index in [1.807, 2.05) is 0 Å². The van der Waals surface area contributed by atoms with Crippen LogP contribution in [-0.2, 0) is 65.4 Å². The number of carbonyl (C=O) groups excluding carboxylic acids is 4. The van der Waals surface area contributed by atoms with Crippen LogP contribution in [0.4, 0.5) is 0 Å². The minimum atomic E-state index is -4.97. The lowest BCUT2D eigenvalue weighted by Gasteiger charge is -2.21. The number of aliphatic hydroxyl groups is 1. The fourth-order valence-electron chi connectivity index (χ4n) is 13.0. The summed E-state index contributed by atoms with van der Waals surface area (Å²) in [5.41, 5.74) is 0. The van der Waals surface area contributed by atoms with Gasteiger partial charge in [0.1, 0.15) is 19.3 Å². The largest absolute Gasteiger partial charge is 0.472 e. The highest BCUT2D eigenvalue weighted by molar-refractivity contribution is 7.47. The van der Waals surface area contributed by atoms with E-state index in [4.69, 9.17) is 37.0 Å². The zero-order chi connectivity index (χ0) is 75.8. The van der Waals surface area contributed by atoms with Gasteiger partial charge in [-0.15, -0.1) is 0 Å². The van der Waals surface area contributed by atoms with Crippen LogP contribution in [0, 0.1) is 17.8 Å². The minimum Gasteiger partial charge on any atom is -0.462 e. The molecule has 0 saturated heterocycles. The third kappa shape index (κ3) is 76.6. The Balaban J connectivity index is 5.26. The van der Waals surface area contributed by atoms with Crippen molar-refractivity contribution in [2.45, 2.75) is 458 Å². The van der Waals surface area contributed by atoms with Crippen LogP contribution in [0.5, 0.6) is 0 Å². The van der Waals surface area contributed by atoms with Crippen LogP contribution in [0.2, 0.25) is 0 Å². The highest BCUT2D eigenvalue weighted by atomic mass is 31.2. The molecule has 3 N–H and O–H groups in total. The first-order chi connectivity index (χ1) is 49.8. The summed E-state index contributed by atoms with van der Waals surface area (Å²) in [5, 5.41) is 10.7. The van der Waals surface area contributed by atoms with Crippen molar-refractivity contribution < 1.29 is 80.2 Å². The van der Waals surface area contributed by atoms with Crippen molar-refractivity contribution in [1.82, 2.24) is 0 Å². The van der Waals surface area contributed by atoms with Crippen molar-refractivity contribution in [2.75, 3.05) is 39.6 Å². The molecule has 0 aromatic rings. The van der Waals surface area contributed by atoms with E-state index in [1.54, 1.807) is 0 Å². The van der Waals surface area contributed by atoms with E-state index in [0.717, 1.165) is 108 Å². The lowest BCUT2D eigenvalue weighted by molar-refractivity contribution is -0.161. The molecular formula is C84H164O17P2. The van der Waals surface area contributed by atoms with Gasteiger partial charge in [-0.1, -0.05) is 389 Å². The Hall–Kier alpha value is -1.94. The Morgan fingerprint density at radius 2 is 0.495 bits per heavy atom. The molecule has 0 radical (unpaired) electrons. The van der Waals surface area contributed by atoms with E-state index >= 15 is 0 Å². The second kappa shape index (κ2) is 74.2. The number of phosphoric ester groups is 2.